The quantitative estimate of drug-likeness (QED) is 0.326. The van der Waals surface area contributed by atoms with E-state index < -0.39 is 0 Å². The van der Waals surface area contributed by atoms with Gasteiger partial charge in [-0.25, -0.2) is 0 Å². The largest absolute Gasteiger partial charge is 0.466 e. The van der Waals surface area contributed by atoms with Crippen LogP contribution in [0.15, 0.2) is 9.57 Å². The van der Waals surface area contributed by atoms with E-state index in [9.17, 15) is 4.79 Å². The first-order chi connectivity index (χ1) is 8.38. The summed E-state index contributed by atoms with van der Waals surface area (Å²) in [4.78, 5) is 12.0. The van der Waals surface area contributed by atoms with Crippen molar-refractivity contribution in [1.29, 1.82) is 0 Å². The normalized spacial score (nSPS) is 13.4. The molecular weight excluding hydrogens is 234 g/mol. The van der Waals surface area contributed by atoms with Crippen molar-refractivity contribution in [2.45, 2.75) is 27.7 Å². The number of nitrogens with two attached hydrogens (primary N) is 1. The maximum atomic E-state index is 12.0. The van der Waals surface area contributed by atoms with Gasteiger partial charge in [-0.1, -0.05) is 12.1 Å². The standard InChI is InChI=1S/C12H19N3O3/c1-6(11(13)15-17)5-14-12(16)10-7(2)8(3)18-9(10)4/h6,17H,5H2,1-4H3,(H2,13,15)(H,14,16). The molecule has 1 aromatic rings. The maximum Gasteiger partial charge on any atom is 0.255 e. The molecule has 18 heavy (non-hydrogen) atoms. The fraction of sp³-hybridized carbons (Fsp3) is 0.500. The average molecular weight is 253 g/mol. The van der Waals surface area contributed by atoms with Crippen molar-refractivity contribution in [3.63, 3.8) is 0 Å². The van der Waals surface area contributed by atoms with Crippen molar-refractivity contribution in [3.8, 4) is 0 Å². The van der Waals surface area contributed by atoms with Crippen LogP contribution in [-0.4, -0.2) is 23.5 Å². The third-order valence-corrected chi connectivity index (χ3v) is 2.98. The molecule has 1 heterocycles. The predicted molar refractivity (Wildman–Crippen MR) is 67.8 cm³/mol. The van der Waals surface area contributed by atoms with Crippen molar-refractivity contribution in [2.24, 2.45) is 16.8 Å². The number of aryl methyl sites for hydroxylation is 2. The molecule has 0 aromatic carbocycles. The highest BCUT2D eigenvalue weighted by atomic mass is 16.4. The highest BCUT2D eigenvalue weighted by Crippen LogP contribution is 2.20. The summed E-state index contributed by atoms with van der Waals surface area (Å²) in [5, 5.41) is 14.2. The third kappa shape index (κ3) is 2.82. The van der Waals surface area contributed by atoms with Crippen LogP contribution in [0.25, 0.3) is 0 Å². The first-order valence-corrected chi connectivity index (χ1v) is 5.70. The Labute approximate surface area is 106 Å². The van der Waals surface area contributed by atoms with Crippen molar-refractivity contribution < 1.29 is 14.4 Å². The lowest BCUT2D eigenvalue weighted by Gasteiger charge is -2.11. The molecule has 0 fully saturated rings. The lowest BCUT2D eigenvalue weighted by atomic mass is 10.1. The molecule has 0 aliphatic heterocycles. The van der Waals surface area contributed by atoms with Crippen LogP contribution >= 0.6 is 0 Å². The fourth-order valence-electron chi connectivity index (χ4n) is 1.66. The number of amidine groups is 1. The molecule has 6 nitrogen and oxygen atoms in total. The Balaban J connectivity index is 2.72. The lowest BCUT2D eigenvalue weighted by molar-refractivity contribution is 0.0949. The molecule has 4 N–H and O–H groups in total. The van der Waals surface area contributed by atoms with Gasteiger partial charge in [-0.15, -0.1) is 0 Å². The average Bonchev–Trinajstić information content (AvgIpc) is 2.59. The second-order valence-corrected chi connectivity index (χ2v) is 4.35. The van der Waals surface area contributed by atoms with Crippen LogP contribution in [-0.2, 0) is 0 Å². The van der Waals surface area contributed by atoms with Gasteiger partial charge in [-0.3, -0.25) is 4.79 Å². The summed E-state index contributed by atoms with van der Waals surface area (Å²) in [6.45, 7) is 7.47. The molecule has 6 heteroatoms. The number of carbonyl (C=O) groups excluding carboxylic acids is 1. The highest BCUT2D eigenvalue weighted by molar-refractivity contribution is 5.97. The number of nitrogens with one attached hydrogen (secondary N) is 1. The summed E-state index contributed by atoms with van der Waals surface area (Å²) < 4.78 is 5.39. The van der Waals surface area contributed by atoms with Crippen LogP contribution in [0.3, 0.4) is 0 Å². The molecule has 0 spiro atoms. The first kappa shape index (κ1) is 14.1. The van der Waals surface area contributed by atoms with Crippen molar-refractivity contribution in [2.75, 3.05) is 6.54 Å². The Hall–Kier alpha value is -1.98. The van der Waals surface area contributed by atoms with E-state index in [4.69, 9.17) is 15.4 Å². The second kappa shape index (κ2) is 5.57. The smallest absolute Gasteiger partial charge is 0.255 e. The van der Waals surface area contributed by atoms with Crippen LogP contribution < -0.4 is 11.1 Å². The number of carbonyl (C=O) groups is 1. The molecule has 1 atom stereocenters. The number of oxime groups is 1. The van der Waals surface area contributed by atoms with E-state index in [2.05, 4.69) is 10.5 Å². The van der Waals surface area contributed by atoms with Gasteiger partial charge in [-0.2, -0.15) is 0 Å². The maximum absolute atomic E-state index is 12.0. The monoisotopic (exact) mass is 253 g/mol. The summed E-state index contributed by atoms with van der Waals surface area (Å²) in [6, 6.07) is 0. The van der Waals surface area contributed by atoms with E-state index >= 15 is 0 Å². The van der Waals surface area contributed by atoms with Gasteiger partial charge in [0.25, 0.3) is 5.91 Å². The topological polar surface area (TPSA) is 101 Å². The van der Waals surface area contributed by atoms with Gasteiger partial charge in [0.05, 0.1) is 5.56 Å². The van der Waals surface area contributed by atoms with Crippen LogP contribution in [0.4, 0.5) is 0 Å². The number of hydrogen-bond donors (Lipinski definition) is 3. The van der Waals surface area contributed by atoms with Crippen LogP contribution in [0.2, 0.25) is 0 Å². The molecule has 1 unspecified atom stereocenters. The number of nitrogens with zero attached hydrogens (tertiary/aromatic N) is 1. The van der Waals surface area contributed by atoms with Crippen LogP contribution in [0.5, 0.6) is 0 Å². The minimum absolute atomic E-state index is 0.0899. The zero-order chi connectivity index (χ0) is 13.9. The van der Waals surface area contributed by atoms with E-state index in [0.717, 1.165) is 11.3 Å². The third-order valence-electron chi connectivity index (χ3n) is 2.98. The van der Waals surface area contributed by atoms with Gasteiger partial charge in [0.2, 0.25) is 0 Å². The molecule has 0 saturated carbocycles. The Bertz CT molecular complexity index is 477. The molecule has 1 amide bonds. The number of hydrogen-bond acceptors (Lipinski definition) is 4. The number of amides is 1. The van der Waals surface area contributed by atoms with Crippen LogP contribution in [0, 0.1) is 26.7 Å². The molecule has 100 valence electrons. The van der Waals surface area contributed by atoms with Gasteiger partial charge in [0.15, 0.2) is 0 Å². The summed E-state index contributed by atoms with van der Waals surface area (Å²) in [6.07, 6.45) is 0. The van der Waals surface area contributed by atoms with Crippen molar-refractivity contribution in [1.82, 2.24) is 5.32 Å². The van der Waals surface area contributed by atoms with Gasteiger partial charge in [-0.05, 0) is 20.8 Å². The minimum atomic E-state index is -0.229. The Kier molecular flexibility index (Phi) is 4.36. The zero-order valence-corrected chi connectivity index (χ0v) is 11.1. The predicted octanol–water partition coefficient (Wildman–Crippen LogP) is 1.32. The second-order valence-electron chi connectivity index (χ2n) is 4.35. The summed E-state index contributed by atoms with van der Waals surface area (Å²) in [5.74, 6) is 0.986. The summed E-state index contributed by atoms with van der Waals surface area (Å²) in [7, 11) is 0. The molecule has 1 rings (SSSR count). The van der Waals surface area contributed by atoms with E-state index in [1.807, 2.05) is 13.8 Å². The first-order valence-electron chi connectivity index (χ1n) is 5.70. The van der Waals surface area contributed by atoms with Gasteiger partial charge in [0, 0.05) is 18.0 Å². The van der Waals surface area contributed by atoms with Crippen LogP contribution in [0.1, 0.15) is 34.4 Å². The van der Waals surface area contributed by atoms with Gasteiger partial charge < -0.3 is 20.7 Å². The van der Waals surface area contributed by atoms with E-state index in [1.54, 1.807) is 13.8 Å². The Morgan fingerprint density at radius 1 is 1.44 bits per heavy atom. The summed E-state index contributed by atoms with van der Waals surface area (Å²) in [5.41, 5.74) is 6.82. The molecule has 0 radical (unpaired) electrons. The molecule has 0 aliphatic rings. The molecule has 0 saturated heterocycles. The molecular formula is C12H19N3O3. The molecule has 0 aliphatic carbocycles. The van der Waals surface area contributed by atoms with Gasteiger partial charge in [0.1, 0.15) is 17.4 Å². The van der Waals surface area contributed by atoms with Crippen molar-refractivity contribution >= 4 is 11.7 Å². The summed E-state index contributed by atoms with van der Waals surface area (Å²) >= 11 is 0. The Morgan fingerprint density at radius 2 is 2.06 bits per heavy atom. The van der Waals surface area contributed by atoms with Crippen molar-refractivity contribution in [3.05, 3.63) is 22.6 Å². The molecule has 0 bridgehead atoms. The number of furan rings is 1. The zero-order valence-electron chi connectivity index (χ0n) is 11.1. The number of rotatable bonds is 4. The molecule has 1 aromatic heterocycles. The lowest BCUT2D eigenvalue weighted by Crippen LogP contribution is -2.35. The fourth-order valence-corrected chi connectivity index (χ4v) is 1.66. The van der Waals surface area contributed by atoms with E-state index in [-0.39, 0.29) is 17.7 Å². The highest BCUT2D eigenvalue weighted by Gasteiger charge is 2.19. The van der Waals surface area contributed by atoms with Gasteiger partial charge >= 0.3 is 0 Å². The Morgan fingerprint density at radius 3 is 2.50 bits per heavy atom. The SMILES string of the molecule is Cc1oc(C)c(C(=O)NCC(C)C(N)=NO)c1C. The minimum Gasteiger partial charge on any atom is -0.466 e. The van der Waals surface area contributed by atoms with E-state index in [1.165, 1.54) is 0 Å². The van der Waals surface area contributed by atoms with E-state index in [0.29, 0.717) is 17.9 Å².